The van der Waals surface area contributed by atoms with E-state index in [1.165, 1.54) is 62.0 Å². The highest BCUT2D eigenvalue weighted by molar-refractivity contribution is 8.32. The van der Waals surface area contributed by atoms with Gasteiger partial charge in [0.25, 0.3) is 16.7 Å². The summed E-state index contributed by atoms with van der Waals surface area (Å²) >= 11 is 27.0. The number of ether oxygens (including phenoxy) is 7. The summed E-state index contributed by atoms with van der Waals surface area (Å²) in [4.78, 5) is 166. The average molecular weight is 1750 g/mol. The maximum atomic E-state index is 15.0. The van der Waals surface area contributed by atoms with E-state index in [-0.39, 0.29) is 57.5 Å². The van der Waals surface area contributed by atoms with Gasteiger partial charge in [-0.15, -0.1) is 0 Å². The van der Waals surface area contributed by atoms with Crippen LogP contribution in [-0.2, 0) is 142 Å². The van der Waals surface area contributed by atoms with E-state index < -0.39 is 229 Å². The maximum Gasteiger partial charge on any atom is 0.351 e. The molecule has 24 atom stereocenters. The highest BCUT2D eigenvalue weighted by atomic mass is 32.7. The van der Waals surface area contributed by atoms with Crippen LogP contribution in [0.4, 0.5) is 17.6 Å². The number of nitrogens with two attached hydrogens (primary N) is 3. The van der Waals surface area contributed by atoms with E-state index in [4.69, 9.17) is 155 Å². The minimum Gasteiger partial charge on any atom is -0.780 e. The smallest absolute Gasteiger partial charge is 0.351 e. The Kier molecular flexibility index (Phi) is 23.0. The minimum absolute atomic E-state index is 0.0153. The summed E-state index contributed by atoms with van der Waals surface area (Å²) in [5.74, 6) is -0.337. The molecule has 111 heavy (non-hydrogen) atoms. The molecule has 10 N–H and O–H groups in total. The van der Waals surface area contributed by atoms with Crippen LogP contribution in [0, 0.1) is 20.8 Å². The number of nitrogens with zero attached hydrogens (tertiary/aromatic N) is 11. The van der Waals surface area contributed by atoms with Gasteiger partial charge in [-0.05, 0) is 34.6 Å². The van der Waals surface area contributed by atoms with Gasteiger partial charge in [0.15, 0.2) is 41.9 Å². The highest BCUT2D eigenvalue weighted by Crippen LogP contribution is 2.61. The second kappa shape index (κ2) is 31.0. The lowest BCUT2D eigenvalue weighted by molar-refractivity contribution is -0.240. The Balaban J connectivity index is 0.692. The lowest BCUT2D eigenvalue weighted by Crippen LogP contribution is -2.52. The third kappa shape index (κ3) is 16.3. The molecule has 7 aromatic heterocycles. The van der Waals surface area contributed by atoms with Crippen molar-refractivity contribution in [3.8, 4) is 0 Å². The van der Waals surface area contributed by atoms with Crippen molar-refractivity contribution in [1.82, 2.24) is 67.7 Å². The number of hydrogen-bond donors (Lipinski definition) is 7. The third-order valence-electron chi connectivity index (χ3n) is 19.6. The second-order valence-corrected chi connectivity index (χ2v) is 40.2. The standard InChI is InChI=1S/C55H72N17O29P5S5/c1-21-10-70(51(77)63-41(21)56)48-38-40(55(96-48,25(5)91-38)17-89-106(84,111)100-39-37-49(95-54(39,16-73)24(4)90-37)72-20-61-35-42(57)59-18-60-43(35)72)101-105(83,110)88-15-31-28(8-33(93-31)69-12-23(3)46(75)67-53(69)79)99-104(82,109)87-14-30-27(7-32(92-30)68-11-22(2)45(74)66-52(68)78)98-103(81,108)86-13-29-26(97-102(80,107)85-6)9-34(94-29)71-19-62-36-44(71)64-50(58)65-47(36)76/h10-12,18-20,24-34,37-40,48-49,73H,7-9,13-17H2,1-6H3,(H,80,107)(H,81,108)(H,82,109)(H,83,110)(H,84,111)(H2,56,63,77)(H2,57,59,60)(H,66,74,78)(H,67,75,79)(H3,58,64,65,76)/p-5/t24-,25-,26+,27+,28+,29+,30+,31+,32+,33+,34+,37?,38?,39+,40+,48+,49+,54-,55-,102?,103?,104?,105?,106?/m0/s1. The fourth-order valence-corrected chi connectivity index (χ4v) is 20.8. The number of rotatable bonds is 29. The monoisotopic (exact) mass is 1740 g/mol. The van der Waals surface area contributed by atoms with E-state index in [0.717, 1.165) is 33.2 Å². The summed E-state index contributed by atoms with van der Waals surface area (Å²) in [7, 11) is 1.04. The summed E-state index contributed by atoms with van der Waals surface area (Å²) in [6.07, 6.45) is -16.8. The molecule has 7 unspecified atom stereocenters. The van der Waals surface area contributed by atoms with Crippen LogP contribution in [0.5, 0.6) is 0 Å². The van der Waals surface area contributed by atoms with Crippen LogP contribution < -0.4 is 70.5 Å². The molecule has 7 saturated heterocycles. The van der Waals surface area contributed by atoms with E-state index in [1.54, 1.807) is 6.92 Å². The average Bonchev–Trinajstić information content (AvgIpc) is 1.55. The van der Waals surface area contributed by atoms with Crippen LogP contribution in [-0.4, -0.2) is 197 Å². The van der Waals surface area contributed by atoms with Crippen molar-refractivity contribution in [2.75, 3.05) is 57.3 Å². The first-order valence-electron chi connectivity index (χ1n) is 33.2. The number of aromatic amines is 3. The fraction of sp³-hybridized carbons (Fsp3) is 0.600. The molecule has 56 heteroatoms. The van der Waals surface area contributed by atoms with Crippen LogP contribution in [0.15, 0.2) is 66.3 Å². The fourth-order valence-electron chi connectivity index (χ4n) is 14.0. The van der Waals surface area contributed by atoms with Gasteiger partial charge in [0.1, 0.15) is 117 Å². The van der Waals surface area contributed by atoms with E-state index in [1.807, 2.05) is 0 Å². The number of aryl methyl sites for hydroxylation is 3. The number of anilines is 3. The zero-order valence-corrected chi connectivity index (χ0v) is 66.8. The van der Waals surface area contributed by atoms with E-state index in [9.17, 15) is 58.0 Å². The lowest BCUT2D eigenvalue weighted by atomic mass is 9.94. The first-order valence-corrected chi connectivity index (χ1v) is 46.0. The summed E-state index contributed by atoms with van der Waals surface area (Å²) < 4.78 is 123. The van der Waals surface area contributed by atoms with Crippen molar-refractivity contribution in [2.24, 2.45) is 0 Å². The summed E-state index contributed by atoms with van der Waals surface area (Å²) in [5, 5.41) is 11.0. The summed E-state index contributed by atoms with van der Waals surface area (Å²) in [5.41, 5.74) is 9.68. The molecule has 46 nitrogen and oxygen atoms in total. The molecule has 0 saturated carbocycles. The lowest BCUT2D eigenvalue weighted by Gasteiger charge is -2.41. The SMILES string of the molecule is COP([O-])(=S)O[C@@H]1C[C@H](n2cnc3c(=O)[nH]c(N)nc32)O[C@@H]1COP([O-])(=S)O[C@@H]1C[C@H](n2cc(C)c(=O)[nH]c2=O)O[C@@H]1COP([O-])(=S)O[C@@H]1C[C@H](n2cc(C)c(=O)[nH]c2=O)O[C@@H]1COP(=O)([S-])O[C@@H]1C2O[C@@H](C)[C@]1(COP([O-])(=S)O[C@@H]1C3O[C@@H](C)[C@]1(CO)O[C@H]3n1cnc3c(N)ncnc31)O[C@H]2n1cc(C)c(N)nc1=O. The predicted octanol–water partition coefficient (Wildman–Crippen LogP) is -3.41. The number of imidazole rings is 2. The number of aromatic nitrogens is 14. The van der Waals surface area contributed by atoms with Crippen LogP contribution in [0.2, 0.25) is 0 Å². The molecular formula is C55H67N17O29P5S5-5. The molecule has 0 aliphatic carbocycles. The first kappa shape index (κ1) is 82.4. The van der Waals surface area contributed by atoms with Gasteiger partial charge in [0.05, 0.1) is 76.2 Å². The van der Waals surface area contributed by atoms with Gasteiger partial charge >= 0.3 is 17.1 Å². The molecule has 0 aromatic carbocycles. The van der Waals surface area contributed by atoms with Crippen LogP contribution in [0.3, 0.4) is 0 Å². The van der Waals surface area contributed by atoms with E-state index in [2.05, 4.69) is 44.9 Å². The molecule has 4 bridgehead atoms. The van der Waals surface area contributed by atoms with Crippen LogP contribution in [0.1, 0.15) is 80.9 Å². The second-order valence-electron chi connectivity index (χ2n) is 26.5. The predicted molar refractivity (Wildman–Crippen MR) is 386 cm³/mol. The number of nitrogens with one attached hydrogen (secondary N) is 3. The van der Waals surface area contributed by atoms with Gasteiger partial charge < -0.3 is 133 Å². The minimum atomic E-state index is -5.06. The van der Waals surface area contributed by atoms with Crippen LogP contribution in [0.25, 0.3) is 22.3 Å². The highest BCUT2D eigenvalue weighted by Gasteiger charge is 2.70. The number of hydrogen-bond acceptors (Lipinski definition) is 43. The third-order valence-corrected chi connectivity index (χ3v) is 27.5. The van der Waals surface area contributed by atoms with Crippen molar-refractivity contribution in [2.45, 2.75) is 169 Å². The number of nitrogen functional groups attached to an aromatic ring is 3. The Morgan fingerprint density at radius 3 is 1.60 bits per heavy atom. The van der Waals surface area contributed by atoms with Crippen molar-refractivity contribution in [1.29, 1.82) is 0 Å². The Hall–Kier alpha value is -5.16. The zero-order valence-electron chi connectivity index (χ0n) is 58.2. The van der Waals surface area contributed by atoms with Gasteiger partial charge in [0, 0.05) is 61.7 Å². The van der Waals surface area contributed by atoms with Crippen molar-refractivity contribution < 1.29 is 108 Å². The topological polar surface area (TPSA) is 616 Å². The normalized spacial score (nSPS) is 33.2. The van der Waals surface area contributed by atoms with Gasteiger partial charge in [0.2, 0.25) is 5.95 Å². The molecular weight excluding hydrogens is 1680 g/mol. The Morgan fingerprint density at radius 1 is 0.568 bits per heavy atom. The zero-order chi connectivity index (χ0) is 79.7. The number of fused-ring (bicyclic) bond motifs is 6. The van der Waals surface area contributed by atoms with Crippen molar-refractivity contribution >= 4 is 133 Å². The molecule has 606 valence electrons. The van der Waals surface area contributed by atoms with Gasteiger partial charge in [-0.25, -0.2) is 34.3 Å². The summed E-state index contributed by atoms with van der Waals surface area (Å²) in [6.45, 7) is -20.8. The van der Waals surface area contributed by atoms with E-state index >= 15 is 0 Å². The molecule has 7 fully saturated rings. The number of H-pyrrole nitrogens is 3. The van der Waals surface area contributed by atoms with Gasteiger partial charge in [-0.2, -0.15) is 9.97 Å². The van der Waals surface area contributed by atoms with E-state index in [0.29, 0.717) is 5.56 Å². The van der Waals surface area contributed by atoms with Crippen LogP contribution >= 0.6 is 33.7 Å². The van der Waals surface area contributed by atoms with Gasteiger partial charge in [-0.1, -0.05) is 47.2 Å². The quantitative estimate of drug-likeness (QED) is 0.0177. The maximum absolute atomic E-state index is 15.0. The summed E-state index contributed by atoms with van der Waals surface area (Å²) in [6, 6.07) is 0. The molecule has 0 amide bonds. The number of aliphatic hydroxyl groups is 1. The molecule has 7 aliphatic heterocycles. The molecule has 7 aliphatic rings. The Morgan fingerprint density at radius 2 is 1.05 bits per heavy atom. The molecule has 0 radical (unpaired) electrons. The number of aliphatic hydroxyl groups excluding tert-OH is 1. The Bertz CT molecular complexity index is 5450. The molecule has 7 aromatic rings. The molecule has 0 spiro atoms. The van der Waals surface area contributed by atoms with Gasteiger partial charge in [-0.3, -0.25) is 56.7 Å². The molecule has 14 heterocycles. The Labute approximate surface area is 648 Å². The van der Waals surface area contributed by atoms with Crippen molar-refractivity contribution in [3.63, 3.8) is 0 Å². The van der Waals surface area contributed by atoms with Crippen molar-refractivity contribution in [3.05, 3.63) is 117 Å². The molecule has 14 rings (SSSR count). The largest absolute Gasteiger partial charge is 0.780 e. The first-order chi connectivity index (χ1) is 52.2.